The van der Waals surface area contributed by atoms with Crippen molar-refractivity contribution < 1.29 is 19.1 Å². The van der Waals surface area contributed by atoms with Crippen molar-refractivity contribution in [1.82, 2.24) is 5.32 Å². The molecule has 0 aliphatic rings. The van der Waals surface area contributed by atoms with E-state index < -0.39 is 5.97 Å². The molecule has 0 saturated heterocycles. The third-order valence-corrected chi connectivity index (χ3v) is 0.677. The molecule has 5 nitrogen and oxygen atoms in total. The van der Waals surface area contributed by atoms with Crippen LogP contribution in [0.5, 0.6) is 0 Å². The lowest BCUT2D eigenvalue weighted by Gasteiger charge is -2.00. The molecular formula is C5H9NO4. The maximum Gasteiger partial charge on any atom is 0.322 e. The Hall–Kier alpha value is -1.10. The second-order valence-corrected chi connectivity index (χ2v) is 1.43. The van der Waals surface area contributed by atoms with Gasteiger partial charge in [0.05, 0.1) is 6.54 Å². The molecule has 0 rings (SSSR count). The Morgan fingerprint density at radius 2 is 2.40 bits per heavy atom. The molecule has 0 atom stereocenters. The number of esters is 1. The van der Waals surface area contributed by atoms with Gasteiger partial charge < -0.3 is 14.8 Å². The first-order chi connectivity index (χ1) is 4.81. The van der Waals surface area contributed by atoms with Crippen molar-refractivity contribution in [3.05, 3.63) is 0 Å². The first-order valence-electron chi connectivity index (χ1n) is 2.66. The summed E-state index contributed by atoms with van der Waals surface area (Å²) in [6.45, 7) is 0.0128. The van der Waals surface area contributed by atoms with Gasteiger partial charge >= 0.3 is 5.97 Å². The highest BCUT2D eigenvalue weighted by atomic mass is 16.7. The van der Waals surface area contributed by atoms with E-state index in [0.29, 0.717) is 0 Å². The summed E-state index contributed by atoms with van der Waals surface area (Å²) in [5, 5.41) is 2.58. The zero-order valence-electron chi connectivity index (χ0n) is 5.62. The second-order valence-electron chi connectivity index (χ2n) is 1.43. The van der Waals surface area contributed by atoms with E-state index in [-0.39, 0.29) is 19.8 Å². The molecule has 0 aromatic rings. The molecule has 0 radical (unpaired) electrons. The van der Waals surface area contributed by atoms with Gasteiger partial charge in [-0.3, -0.25) is 9.59 Å². The van der Waals surface area contributed by atoms with Gasteiger partial charge in [0, 0.05) is 0 Å². The van der Waals surface area contributed by atoms with Crippen LogP contribution in [0.3, 0.4) is 0 Å². The van der Waals surface area contributed by atoms with Crippen molar-refractivity contribution in [3.63, 3.8) is 0 Å². The number of hydrogen-bond acceptors (Lipinski definition) is 5. The van der Waals surface area contributed by atoms with Crippen LogP contribution >= 0.6 is 0 Å². The predicted octanol–water partition coefficient (Wildman–Crippen LogP) is -1.12. The Morgan fingerprint density at radius 1 is 1.70 bits per heavy atom. The van der Waals surface area contributed by atoms with Gasteiger partial charge in [-0.2, -0.15) is 0 Å². The maximum absolute atomic E-state index is 10.4. The summed E-state index contributed by atoms with van der Waals surface area (Å²) in [4.78, 5) is 20.0. The zero-order valence-corrected chi connectivity index (χ0v) is 5.62. The normalized spacial score (nSPS) is 8.50. The van der Waals surface area contributed by atoms with Gasteiger partial charge in [0.25, 0.3) is 6.47 Å². The average molecular weight is 147 g/mol. The maximum atomic E-state index is 10.4. The quantitative estimate of drug-likeness (QED) is 0.231. The lowest BCUT2D eigenvalue weighted by atomic mass is 10.7. The zero-order chi connectivity index (χ0) is 7.82. The SMILES string of the molecule is CNCC(=O)OCOC=O. The third kappa shape index (κ3) is 5.04. The molecule has 0 fully saturated rings. The number of hydrogen-bond donors (Lipinski definition) is 1. The molecule has 5 heteroatoms. The van der Waals surface area contributed by atoms with Crippen molar-refractivity contribution >= 4 is 12.4 Å². The molecule has 0 unspecified atom stereocenters. The Morgan fingerprint density at radius 3 is 2.90 bits per heavy atom. The van der Waals surface area contributed by atoms with E-state index in [2.05, 4.69) is 14.8 Å². The monoisotopic (exact) mass is 147 g/mol. The molecule has 0 bridgehead atoms. The molecular weight excluding hydrogens is 138 g/mol. The molecule has 0 aromatic carbocycles. The van der Waals surface area contributed by atoms with E-state index in [0.717, 1.165) is 0 Å². The topological polar surface area (TPSA) is 64.6 Å². The molecule has 0 aromatic heterocycles. The molecule has 0 spiro atoms. The molecule has 0 aliphatic carbocycles. The van der Waals surface area contributed by atoms with Crippen molar-refractivity contribution in [3.8, 4) is 0 Å². The summed E-state index contributed by atoms with van der Waals surface area (Å²) in [5.74, 6) is -0.454. The van der Waals surface area contributed by atoms with E-state index in [1.165, 1.54) is 0 Å². The number of likely N-dealkylation sites (N-methyl/N-ethyl adjacent to an activating group) is 1. The van der Waals surface area contributed by atoms with E-state index in [4.69, 9.17) is 0 Å². The Bertz CT molecular complexity index is 114. The van der Waals surface area contributed by atoms with Crippen LogP contribution in [0.1, 0.15) is 0 Å². The largest absolute Gasteiger partial charge is 0.430 e. The minimum Gasteiger partial charge on any atom is -0.430 e. The highest BCUT2D eigenvalue weighted by Gasteiger charge is 1.97. The van der Waals surface area contributed by atoms with Gasteiger partial charge in [-0.15, -0.1) is 0 Å². The fraction of sp³-hybridized carbons (Fsp3) is 0.600. The minimum atomic E-state index is -0.454. The lowest BCUT2D eigenvalue weighted by molar-refractivity contribution is -0.158. The molecule has 10 heavy (non-hydrogen) atoms. The second kappa shape index (κ2) is 6.03. The van der Waals surface area contributed by atoms with Crippen molar-refractivity contribution in [2.75, 3.05) is 20.4 Å². The molecule has 0 heterocycles. The highest BCUT2D eigenvalue weighted by molar-refractivity contribution is 5.71. The summed E-state index contributed by atoms with van der Waals surface area (Å²) in [5.41, 5.74) is 0. The third-order valence-electron chi connectivity index (χ3n) is 0.677. The summed E-state index contributed by atoms with van der Waals surface area (Å²) in [6.07, 6.45) is 0. The fourth-order valence-electron chi connectivity index (χ4n) is 0.323. The van der Waals surface area contributed by atoms with Crippen LogP contribution in [-0.2, 0) is 19.1 Å². The molecule has 0 amide bonds. The van der Waals surface area contributed by atoms with Gasteiger partial charge in [0.2, 0.25) is 6.79 Å². The highest BCUT2D eigenvalue weighted by Crippen LogP contribution is 1.75. The number of rotatable bonds is 5. The number of nitrogens with one attached hydrogen (secondary N) is 1. The molecule has 1 N–H and O–H groups in total. The van der Waals surface area contributed by atoms with Crippen molar-refractivity contribution in [2.45, 2.75) is 0 Å². The van der Waals surface area contributed by atoms with Gasteiger partial charge in [-0.1, -0.05) is 0 Å². The smallest absolute Gasteiger partial charge is 0.322 e. The molecule has 0 saturated carbocycles. The molecule has 0 aliphatic heterocycles. The van der Waals surface area contributed by atoms with Crippen LogP contribution in [0.15, 0.2) is 0 Å². The first kappa shape index (κ1) is 8.90. The average Bonchev–Trinajstić information content (AvgIpc) is 1.89. The van der Waals surface area contributed by atoms with Crippen LogP contribution in [0.4, 0.5) is 0 Å². The van der Waals surface area contributed by atoms with Gasteiger partial charge in [-0.25, -0.2) is 0 Å². The summed E-state index contributed by atoms with van der Waals surface area (Å²) in [7, 11) is 1.61. The standard InChI is InChI=1S/C5H9NO4/c1-6-2-5(8)10-4-9-3-7/h3,6H,2,4H2,1H3. The summed E-state index contributed by atoms with van der Waals surface area (Å²) in [6, 6.07) is 0. The number of carbonyl (C=O) groups is 2. The van der Waals surface area contributed by atoms with Crippen molar-refractivity contribution in [2.24, 2.45) is 0 Å². The molecule has 58 valence electrons. The Kier molecular flexibility index (Phi) is 5.36. The van der Waals surface area contributed by atoms with E-state index in [9.17, 15) is 9.59 Å². The first-order valence-corrected chi connectivity index (χ1v) is 2.66. The Balaban J connectivity index is 3.13. The predicted molar refractivity (Wildman–Crippen MR) is 32.0 cm³/mol. The summed E-state index contributed by atoms with van der Waals surface area (Å²) >= 11 is 0. The number of ether oxygens (including phenoxy) is 2. The lowest BCUT2D eigenvalue weighted by Crippen LogP contribution is -2.21. The minimum absolute atomic E-state index is 0.113. The van der Waals surface area contributed by atoms with Crippen LogP contribution < -0.4 is 5.32 Å². The fourth-order valence-corrected chi connectivity index (χ4v) is 0.323. The van der Waals surface area contributed by atoms with Crippen LogP contribution in [0.25, 0.3) is 0 Å². The van der Waals surface area contributed by atoms with E-state index in [1.807, 2.05) is 0 Å². The van der Waals surface area contributed by atoms with Crippen LogP contribution in [0, 0.1) is 0 Å². The van der Waals surface area contributed by atoms with Gasteiger partial charge in [0.1, 0.15) is 0 Å². The van der Waals surface area contributed by atoms with E-state index in [1.54, 1.807) is 7.05 Å². The Labute approximate surface area is 58.3 Å². The van der Waals surface area contributed by atoms with E-state index >= 15 is 0 Å². The van der Waals surface area contributed by atoms with Crippen LogP contribution in [-0.4, -0.2) is 32.8 Å². The van der Waals surface area contributed by atoms with Gasteiger partial charge in [0.15, 0.2) is 0 Å². The van der Waals surface area contributed by atoms with Gasteiger partial charge in [-0.05, 0) is 7.05 Å². The summed E-state index contributed by atoms with van der Waals surface area (Å²) < 4.78 is 8.47. The van der Waals surface area contributed by atoms with Crippen LogP contribution in [0.2, 0.25) is 0 Å². The number of carbonyl (C=O) groups excluding carboxylic acids is 2. The van der Waals surface area contributed by atoms with Crippen molar-refractivity contribution in [1.29, 1.82) is 0 Å².